The van der Waals surface area contributed by atoms with E-state index in [1.807, 2.05) is 0 Å². The molecule has 0 bridgehead atoms. The fourth-order valence-corrected chi connectivity index (χ4v) is 1.79. The fraction of sp³-hybridized carbons (Fsp3) is 0.286. The predicted octanol–water partition coefficient (Wildman–Crippen LogP) is 3.49. The van der Waals surface area contributed by atoms with Crippen LogP contribution in [0.3, 0.4) is 0 Å². The number of nitrogens with zero attached hydrogens (tertiary/aromatic N) is 1. The van der Waals surface area contributed by atoms with Gasteiger partial charge in [0, 0.05) is 6.07 Å². The van der Waals surface area contributed by atoms with Crippen molar-refractivity contribution in [1.82, 2.24) is 10.5 Å². The van der Waals surface area contributed by atoms with Gasteiger partial charge >= 0.3 is 6.18 Å². The lowest BCUT2D eigenvalue weighted by Crippen LogP contribution is -2.26. The first-order valence-electron chi connectivity index (χ1n) is 6.18. The molecule has 0 aliphatic rings. The molecule has 0 aliphatic carbocycles. The fourth-order valence-electron chi connectivity index (χ4n) is 1.79. The number of benzene rings is 1. The molecule has 2 aromatic rings. The van der Waals surface area contributed by atoms with E-state index in [1.165, 1.54) is 18.2 Å². The second kappa shape index (κ2) is 5.59. The number of aromatic nitrogens is 1. The third-order valence-electron chi connectivity index (χ3n) is 2.95. The number of carbonyl (C=O) groups excluding carboxylic acids is 1. The lowest BCUT2D eigenvalue weighted by atomic mass is 10.1. The van der Waals surface area contributed by atoms with E-state index in [0.717, 1.165) is 12.1 Å². The molecule has 0 saturated heterocycles. The van der Waals surface area contributed by atoms with Crippen molar-refractivity contribution in [3.05, 3.63) is 52.9 Å². The van der Waals surface area contributed by atoms with E-state index in [9.17, 15) is 18.0 Å². The Labute approximate surface area is 118 Å². The van der Waals surface area contributed by atoms with Crippen LogP contribution in [0.15, 0.2) is 34.9 Å². The van der Waals surface area contributed by atoms with Crippen LogP contribution in [0.2, 0.25) is 0 Å². The van der Waals surface area contributed by atoms with E-state index in [-0.39, 0.29) is 5.69 Å². The summed E-state index contributed by atoms with van der Waals surface area (Å²) in [5.74, 6) is 0.0570. The third kappa shape index (κ3) is 3.62. The van der Waals surface area contributed by atoms with Crippen molar-refractivity contribution >= 4 is 5.91 Å². The molecule has 2 rings (SSSR count). The largest absolute Gasteiger partial charge is 0.416 e. The second-order valence-corrected chi connectivity index (χ2v) is 4.64. The first-order chi connectivity index (χ1) is 9.77. The van der Waals surface area contributed by atoms with E-state index in [2.05, 4.69) is 10.5 Å². The quantitative estimate of drug-likeness (QED) is 0.943. The maximum absolute atomic E-state index is 12.5. The molecule has 0 saturated carbocycles. The van der Waals surface area contributed by atoms with Crippen LogP contribution in [-0.2, 0) is 6.18 Å². The van der Waals surface area contributed by atoms with Crippen LogP contribution in [0, 0.1) is 6.92 Å². The van der Waals surface area contributed by atoms with Crippen LogP contribution in [0.1, 0.15) is 40.3 Å². The first kappa shape index (κ1) is 15.1. The SMILES string of the molecule is Cc1cc(C(=O)N[C@@H](C)c2ccc(C(F)(F)F)cc2)no1. The minimum Gasteiger partial charge on any atom is -0.361 e. The Hall–Kier alpha value is -2.31. The Bertz CT molecular complexity index is 632. The van der Waals surface area contributed by atoms with Gasteiger partial charge in [-0.2, -0.15) is 13.2 Å². The normalized spacial score (nSPS) is 13.0. The number of hydrogen-bond acceptors (Lipinski definition) is 3. The van der Waals surface area contributed by atoms with E-state index in [1.54, 1.807) is 13.8 Å². The summed E-state index contributed by atoms with van der Waals surface area (Å²) in [6.45, 7) is 3.33. The lowest BCUT2D eigenvalue weighted by Gasteiger charge is -2.14. The Balaban J connectivity index is 2.06. The van der Waals surface area contributed by atoms with E-state index in [4.69, 9.17) is 4.52 Å². The number of aryl methyl sites for hydroxylation is 1. The molecule has 0 radical (unpaired) electrons. The standard InChI is InChI=1S/C14H13F3N2O2/c1-8-7-12(19-21-8)13(20)18-9(2)10-3-5-11(6-4-10)14(15,16)17/h3-7,9H,1-2H3,(H,18,20)/t9-/m0/s1. The van der Waals surface area contributed by atoms with Crippen molar-refractivity contribution < 1.29 is 22.5 Å². The van der Waals surface area contributed by atoms with Gasteiger partial charge in [-0.05, 0) is 31.5 Å². The van der Waals surface area contributed by atoms with Crippen molar-refractivity contribution in [2.24, 2.45) is 0 Å². The summed E-state index contributed by atoms with van der Waals surface area (Å²) in [6.07, 6.45) is -4.37. The third-order valence-corrected chi connectivity index (χ3v) is 2.95. The molecule has 4 nitrogen and oxygen atoms in total. The van der Waals surface area contributed by atoms with Crippen LogP contribution < -0.4 is 5.32 Å². The highest BCUT2D eigenvalue weighted by Crippen LogP contribution is 2.29. The molecule has 112 valence electrons. The van der Waals surface area contributed by atoms with Gasteiger partial charge in [0.15, 0.2) is 5.69 Å². The van der Waals surface area contributed by atoms with Crippen molar-refractivity contribution in [2.45, 2.75) is 26.1 Å². The lowest BCUT2D eigenvalue weighted by molar-refractivity contribution is -0.137. The van der Waals surface area contributed by atoms with Gasteiger partial charge in [0.2, 0.25) is 0 Å². The first-order valence-corrected chi connectivity index (χ1v) is 6.18. The molecule has 0 spiro atoms. The zero-order valence-corrected chi connectivity index (χ0v) is 11.4. The van der Waals surface area contributed by atoms with Gasteiger partial charge < -0.3 is 9.84 Å². The number of alkyl halides is 3. The van der Waals surface area contributed by atoms with Gasteiger partial charge in [-0.25, -0.2) is 0 Å². The molecule has 1 aromatic carbocycles. The number of nitrogens with one attached hydrogen (secondary N) is 1. The van der Waals surface area contributed by atoms with Gasteiger partial charge in [-0.15, -0.1) is 0 Å². The average Bonchev–Trinajstić information content (AvgIpc) is 2.84. The highest BCUT2D eigenvalue weighted by atomic mass is 19.4. The highest BCUT2D eigenvalue weighted by molar-refractivity contribution is 5.92. The molecule has 1 amide bonds. The zero-order valence-electron chi connectivity index (χ0n) is 11.4. The monoisotopic (exact) mass is 298 g/mol. The van der Waals surface area contributed by atoms with Crippen molar-refractivity contribution in [1.29, 1.82) is 0 Å². The van der Waals surface area contributed by atoms with Crippen LogP contribution in [-0.4, -0.2) is 11.1 Å². The van der Waals surface area contributed by atoms with Gasteiger partial charge in [0.05, 0.1) is 11.6 Å². The molecule has 0 unspecified atom stereocenters. The number of halogens is 3. The summed E-state index contributed by atoms with van der Waals surface area (Å²) in [5.41, 5.74) is -0.0280. The Kier molecular flexibility index (Phi) is 4.02. The Morgan fingerprint density at radius 1 is 1.29 bits per heavy atom. The molecule has 1 heterocycles. The van der Waals surface area contributed by atoms with E-state index >= 15 is 0 Å². The van der Waals surface area contributed by atoms with Crippen molar-refractivity contribution in [2.75, 3.05) is 0 Å². The van der Waals surface area contributed by atoms with Crippen molar-refractivity contribution in [3.63, 3.8) is 0 Å². The smallest absolute Gasteiger partial charge is 0.361 e. The number of carbonyl (C=O) groups is 1. The second-order valence-electron chi connectivity index (χ2n) is 4.64. The molecular formula is C14H13F3N2O2. The number of amides is 1. The summed E-state index contributed by atoms with van der Waals surface area (Å²) in [4.78, 5) is 11.9. The Morgan fingerprint density at radius 3 is 2.38 bits per heavy atom. The molecule has 1 N–H and O–H groups in total. The summed E-state index contributed by atoms with van der Waals surface area (Å²) in [6, 6.07) is 5.67. The van der Waals surface area contributed by atoms with Gasteiger partial charge in [-0.1, -0.05) is 17.3 Å². The van der Waals surface area contributed by atoms with E-state index in [0.29, 0.717) is 11.3 Å². The molecule has 0 aliphatic heterocycles. The molecule has 21 heavy (non-hydrogen) atoms. The topological polar surface area (TPSA) is 55.1 Å². The molecule has 1 aromatic heterocycles. The van der Waals surface area contributed by atoms with Crippen molar-refractivity contribution in [3.8, 4) is 0 Å². The minimum absolute atomic E-state index is 0.131. The Morgan fingerprint density at radius 2 is 1.90 bits per heavy atom. The van der Waals surface area contributed by atoms with Gasteiger partial charge in [-0.3, -0.25) is 4.79 Å². The van der Waals surface area contributed by atoms with Crippen LogP contribution in [0.25, 0.3) is 0 Å². The minimum atomic E-state index is -4.37. The van der Waals surface area contributed by atoms with Crippen LogP contribution >= 0.6 is 0 Å². The molecule has 7 heteroatoms. The molecular weight excluding hydrogens is 285 g/mol. The summed E-state index contributed by atoms with van der Waals surface area (Å²) in [5, 5.41) is 6.21. The summed E-state index contributed by atoms with van der Waals surface area (Å²) in [7, 11) is 0. The van der Waals surface area contributed by atoms with Gasteiger partial charge in [0.25, 0.3) is 5.91 Å². The van der Waals surface area contributed by atoms with Crippen LogP contribution in [0.5, 0.6) is 0 Å². The zero-order chi connectivity index (χ0) is 15.6. The maximum Gasteiger partial charge on any atom is 0.416 e. The predicted molar refractivity (Wildman–Crippen MR) is 68.6 cm³/mol. The number of hydrogen-bond donors (Lipinski definition) is 1. The molecule has 1 atom stereocenters. The highest BCUT2D eigenvalue weighted by Gasteiger charge is 2.30. The van der Waals surface area contributed by atoms with Crippen LogP contribution in [0.4, 0.5) is 13.2 Å². The summed E-state index contributed by atoms with van der Waals surface area (Å²) >= 11 is 0. The number of rotatable bonds is 3. The van der Waals surface area contributed by atoms with E-state index < -0.39 is 23.7 Å². The summed E-state index contributed by atoms with van der Waals surface area (Å²) < 4.78 is 42.2. The van der Waals surface area contributed by atoms with Gasteiger partial charge in [0.1, 0.15) is 5.76 Å². The maximum atomic E-state index is 12.5. The average molecular weight is 298 g/mol. The molecule has 0 fully saturated rings.